The van der Waals surface area contributed by atoms with Crippen LogP contribution in [0.2, 0.25) is 0 Å². The number of hydrogen-bond donors (Lipinski definition) is 1. The number of aromatic amines is 1. The maximum absolute atomic E-state index is 14.4. The van der Waals surface area contributed by atoms with Gasteiger partial charge in [0.1, 0.15) is 17.5 Å². The van der Waals surface area contributed by atoms with E-state index in [4.69, 9.17) is 0 Å². The number of nitrogens with zero attached hydrogens (tertiary/aromatic N) is 5. The van der Waals surface area contributed by atoms with Gasteiger partial charge in [0.15, 0.2) is 11.2 Å². The van der Waals surface area contributed by atoms with Gasteiger partial charge in [-0.15, -0.1) is 0 Å². The molecule has 2 aromatic heterocycles. The number of anilines is 1. The molecule has 1 aliphatic heterocycles. The Morgan fingerprint density at radius 2 is 1.65 bits per heavy atom. The van der Waals surface area contributed by atoms with Crippen LogP contribution >= 0.6 is 0 Å². The van der Waals surface area contributed by atoms with Gasteiger partial charge in [0.25, 0.3) is 5.56 Å². The molecule has 34 heavy (non-hydrogen) atoms. The summed E-state index contributed by atoms with van der Waals surface area (Å²) >= 11 is 0. The van der Waals surface area contributed by atoms with Gasteiger partial charge in [0, 0.05) is 44.5 Å². The highest BCUT2D eigenvalue weighted by molar-refractivity contribution is 5.71. The predicted molar refractivity (Wildman–Crippen MR) is 125 cm³/mol. The van der Waals surface area contributed by atoms with Crippen molar-refractivity contribution in [1.82, 2.24) is 24.0 Å². The van der Waals surface area contributed by atoms with Crippen LogP contribution in [0, 0.1) is 11.6 Å². The third kappa shape index (κ3) is 4.12. The Morgan fingerprint density at radius 1 is 0.941 bits per heavy atom. The number of aromatic nitrogens is 4. The molecule has 176 valence electrons. The van der Waals surface area contributed by atoms with E-state index in [0.29, 0.717) is 17.9 Å². The quantitative estimate of drug-likeness (QED) is 0.487. The average Bonchev–Trinajstić information content (AvgIpc) is 3.18. The monoisotopic (exact) mass is 466 g/mol. The Hall–Kier alpha value is -3.79. The first-order valence-corrected chi connectivity index (χ1v) is 11.1. The highest BCUT2D eigenvalue weighted by Gasteiger charge is 2.23. The number of benzene rings is 2. The molecule has 1 saturated heterocycles. The average molecular weight is 466 g/mol. The van der Waals surface area contributed by atoms with Gasteiger partial charge in [0.05, 0.1) is 13.1 Å². The summed E-state index contributed by atoms with van der Waals surface area (Å²) in [4.78, 5) is 36.2. The van der Waals surface area contributed by atoms with E-state index in [1.54, 1.807) is 41.9 Å². The third-order valence-electron chi connectivity index (χ3n) is 6.30. The van der Waals surface area contributed by atoms with Crippen LogP contribution in [-0.4, -0.2) is 50.2 Å². The number of hydrogen-bond acceptors (Lipinski definition) is 5. The van der Waals surface area contributed by atoms with Crippen molar-refractivity contribution < 1.29 is 8.78 Å². The fourth-order valence-electron chi connectivity index (χ4n) is 4.38. The molecule has 1 aliphatic rings. The minimum Gasteiger partial charge on any atom is -0.369 e. The normalized spacial score (nSPS) is 14.7. The Labute approximate surface area is 193 Å². The first-order chi connectivity index (χ1) is 16.4. The van der Waals surface area contributed by atoms with Crippen molar-refractivity contribution >= 4 is 16.9 Å². The number of imidazole rings is 1. The summed E-state index contributed by atoms with van der Waals surface area (Å²) in [5.74, 6) is -0.0508. The van der Waals surface area contributed by atoms with E-state index in [1.165, 1.54) is 22.8 Å². The van der Waals surface area contributed by atoms with Crippen molar-refractivity contribution in [1.29, 1.82) is 0 Å². The summed E-state index contributed by atoms with van der Waals surface area (Å²) in [6.45, 7) is 3.52. The van der Waals surface area contributed by atoms with E-state index in [0.717, 1.165) is 31.9 Å². The first kappa shape index (κ1) is 22.0. The first-order valence-electron chi connectivity index (χ1n) is 11.1. The van der Waals surface area contributed by atoms with E-state index in [-0.39, 0.29) is 29.3 Å². The Bertz CT molecular complexity index is 1450. The van der Waals surface area contributed by atoms with Crippen LogP contribution in [0.15, 0.2) is 58.1 Å². The molecule has 0 bridgehead atoms. The second-order valence-corrected chi connectivity index (χ2v) is 8.44. The van der Waals surface area contributed by atoms with Crippen molar-refractivity contribution in [3.8, 4) is 0 Å². The maximum atomic E-state index is 14.4. The number of aryl methyl sites for hydroxylation is 1. The second kappa shape index (κ2) is 8.86. The second-order valence-electron chi connectivity index (χ2n) is 8.44. The Morgan fingerprint density at radius 3 is 2.35 bits per heavy atom. The fraction of sp³-hybridized carbons (Fsp3) is 0.292. The summed E-state index contributed by atoms with van der Waals surface area (Å²) < 4.78 is 30.7. The zero-order chi connectivity index (χ0) is 23.8. The number of rotatable bonds is 5. The lowest BCUT2D eigenvalue weighted by molar-refractivity contribution is 0.241. The van der Waals surface area contributed by atoms with Gasteiger partial charge in [-0.05, 0) is 30.3 Å². The lowest BCUT2D eigenvalue weighted by atomic mass is 10.2. The van der Waals surface area contributed by atoms with Crippen LogP contribution in [0.5, 0.6) is 0 Å². The molecule has 0 atom stereocenters. The van der Waals surface area contributed by atoms with Gasteiger partial charge in [-0.1, -0.05) is 18.2 Å². The van der Waals surface area contributed by atoms with Crippen molar-refractivity contribution in [2.45, 2.75) is 13.1 Å². The lowest BCUT2D eigenvalue weighted by Crippen LogP contribution is -2.46. The van der Waals surface area contributed by atoms with E-state index in [9.17, 15) is 18.4 Å². The van der Waals surface area contributed by atoms with Crippen molar-refractivity contribution in [2.75, 3.05) is 31.1 Å². The molecule has 0 radical (unpaired) electrons. The minimum absolute atomic E-state index is 0.120. The summed E-state index contributed by atoms with van der Waals surface area (Å²) in [6, 6.07) is 12.8. The van der Waals surface area contributed by atoms with E-state index in [1.807, 2.05) is 0 Å². The van der Waals surface area contributed by atoms with Crippen molar-refractivity contribution in [3.05, 3.63) is 92.4 Å². The fourth-order valence-corrected chi connectivity index (χ4v) is 4.38. The van der Waals surface area contributed by atoms with Crippen molar-refractivity contribution in [3.63, 3.8) is 0 Å². The molecule has 0 saturated carbocycles. The Balaban J connectivity index is 1.45. The van der Waals surface area contributed by atoms with Crippen LogP contribution in [0.25, 0.3) is 11.2 Å². The van der Waals surface area contributed by atoms with Crippen LogP contribution in [0.3, 0.4) is 0 Å². The molecule has 1 fully saturated rings. The minimum atomic E-state index is -0.549. The molecule has 10 heteroatoms. The van der Waals surface area contributed by atoms with Crippen molar-refractivity contribution in [2.24, 2.45) is 7.05 Å². The maximum Gasteiger partial charge on any atom is 0.329 e. The predicted octanol–water partition coefficient (Wildman–Crippen LogP) is 2.07. The number of fused-ring (bicyclic) bond motifs is 1. The van der Waals surface area contributed by atoms with Crippen LogP contribution in [0.4, 0.5) is 14.5 Å². The zero-order valence-corrected chi connectivity index (χ0v) is 18.7. The van der Waals surface area contributed by atoms with Gasteiger partial charge in [0.2, 0.25) is 0 Å². The number of H-pyrrole nitrogens is 1. The largest absolute Gasteiger partial charge is 0.369 e. The van der Waals surface area contributed by atoms with Gasteiger partial charge in [-0.3, -0.25) is 19.2 Å². The molecule has 1 N–H and O–H groups in total. The number of nitrogens with one attached hydrogen (secondary N) is 1. The van der Waals surface area contributed by atoms with Gasteiger partial charge < -0.3 is 9.47 Å². The van der Waals surface area contributed by atoms with E-state index >= 15 is 0 Å². The molecule has 4 aromatic rings. The SMILES string of the molecule is Cn1c(=O)[nH]c(=O)c2c1nc(CN1CCN(c3ccc(F)cc3)CC1)n2Cc1ccccc1F. The summed E-state index contributed by atoms with van der Waals surface area (Å²) in [7, 11) is 1.55. The topological polar surface area (TPSA) is 79.2 Å². The third-order valence-corrected chi connectivity index (χ3v) is 6.30. The van der Waals surface area contributed by atoms with Gasteiger partial charge in [-0.25, -0.2) is 18.6 Å². The highest BCUT2D eigenvalue weighted by atomic mass is 19.1. The van der Waals surface area contributed by atoms with Crippen LogP contribution < -0.4 is 16.1 Å². The summed E-state index contributed by atoms with van der Waals surface area (Å²) in [5, 5.41) is 0. The number of halogens is 2. The number of piperazine rings is 1. The van der Waals surface area contributed by atoms with Crippen LogP contribution in [-0.2, 0) is 20.1 Å². The van der Waals surface area contributed by atoms with Gasteiger partial charge >= 0.3 is 5.69 Å². The highest BCUT2D eigenvalue weighted by Crippen LogP contribution is 2.20. The van der Waals surface area contributed by atoms with E-state index in [2.05, 4.69) is 19.8 Å². The summed E-state index contributed by atoms with van der Waals surface area (Å²) in [5.41, 5.74) is 0.809. The molecular weight excluding hydrogens is 442 g/mol. The lowest BCUT2D eigenvalue weighted by Gasteiger charge is -2.36. The molecule has 3 heterocycles. The zero-order valence-electron chi connectivity index (χ0n) is 18.7. The molecular formula is C24H24F2N6O2. The molecule has 0 aliphatic carbocycles. The summed E-state index contributed by atoms with van der Waals surface area (Å²) in [6.07, 6.45) is 0. The molecule has 8 nitrogen and oxygen atoms in total. The molecule has 5 rings (SSSR count). The molecule has 2 aromatic carbocycles. The van der Waals surface area contributed by atoms with Gasteiger partial charge in [-0.2, -0.15) is 0 Å². The standard InChI is InChI=1S/C24H24F2N6O2/c1-29-22-21(23(33)28-24(29)34)32(14-16-4-2-3-5-19(16)26)20(27-22)15-30-10-12-31(13-11-30)18-8-6-17(25)7-9-18/h2-9H,10-15H2,1H3,(H,28,33,34). The molecule has 0 amide bonds. The van der Waals surface area contributed by atoms with Crippen LogP contribution in [0.1, 0.15) is 11.4 Å². The van der Waals surface area contributed by atoms with E-state index < -0.39 is 11.2 Å². The molecule has 0 unspecified atom stereocenters. The Kier molecular flexibility index (Phi) is 5.74. The molecule has 0 spiro atoms. The smallest absolute Gasteiger partial charge is 0.329 e.